The van der Waals surface area contributed by atoms with Crippen molar-refractivity contribution < 1.29 is 22.1 Å². The number of sulfone groups is 1. The van der Waals surface area contributed by atoms with Gasteiger partial charge < -0.3 is 19.4 Å². The summed E-state index contributed by atoms with van der Waals surface area (Å²) in [6, 6.07) is 2.75. The highest BCUT2D eigenvalue weighted by Crippen LogP contribution is 2.34. The molecule has 0 radical (unpaired) electrons. The summed E-state index contributed by atoms with van der Waals surface area (Å²) in [6.45, 7) is -0.0265. The van der Waals surface area contributed by atoms with E-state index in [1.54, 1.807) is 0 Å². The average molecular weight is 293 g/mol. The Kier molecular flexibility index (Phi) is 5.12. The van der Waals surface area contributed by atoms with Crippen molar-refractivity contribution in [2.75, 3.05) is 32.3 Å². The van der Waals surface area contributed by atoms with E-state index in [9.17, 15) is 8.42 Å². The Balaban J connectivity index is 3.29. The molecule has 0 atom stereocenters. The predicted octanol–water partition coefficient (Wildman–Crippen LogP) is 0.921. The third-order valence-electron chi connectivity index (χ3n) is 2.29. The number of hydrogen-bond donors (Lipinski definition) is 2. The molecule has 0 aromatic heterocycles. The summed E-state index contributed by atoms with van der Waals surface area (Å²) in [5.41, 5.74) is 5.99. The summed E-state index contributed by atoms with van der Waals surface area (Å²) < 4.78 is 38.6. The molecule has 102 valence electrons. The Morgan fingerprint density at radius 2 is 1.83 bits per heavy atom. The zero-order valence-electron chi connectivity index (χ0n) is 10.0. The Morgan fingerprint density at radius 3 is 2.33 bits per heavy atom. The number of hydrogen-bond acceptors (Lipinski definition) is 7. The topological polar surface area (TPSA) is 87.9 Å². The molecule has 0 unspecified atom stereocenters. The van der Waals surface area contributed by atoms with Crippen molar-refractivity contribution in [2.24, 2.45) is 0 Å². The number of rotatable bonds is 6. The first-order valence-electron chi connectivity index (χ1n) is 4.97. The number of ether oxygens (including phenoxy) is 2. The fraction of sp³-hybridized carbons (Fsp3) is 0.400. The van der Waals surface area contributed by atoms with Crippen molar-refractivity contribution in [1.82, 2.24) is 0 Å². The van der Waals surface area contributed by atoms with Crippen LogP contribution in [0.3, 0.4) is 0 Å². The van der Waals surface area contributed by atoms with Crippen molar-refractivity contribution >= 4 is 28.4 Å². The normalized spacial score (nSPS) is 11.3. The van der Waals surface area contributed by atoms with Gasteiger partial charge in [-0.25, -0.2) is 8.42 Å². The van der Waals surface area contributed by atoms with Gasteiger partial charge in [-0.05, 0) is 12.9 Å². The molecule has 18 heavy (non-hydrogen) atoms. The maximum Gasteiger partial charge on any atom is 0.184 e. The van der Waals surface area contributed by atoms with Crippen molar-refractivity contribution in [3.63, 3.8) is 0 Å². The lowest BCUT2D eigenvalue weighted by Gasteiger charge is -2.12. The lowest BCUT2D eigenvalue weighted by atomic mass is 10.3. The molecule has 0 amide bonds. The molecule has 0 aliphatic carbocycles. The number of nitrogens with two attached hydrogens (primary N) is 1. The Hall–Kier alpha value is -1.12. The SMILES string of the molecule is COc1cc(S(=O)(=O)CCOS)c(OC)cc1N. The summed E-state index contributed by atoms with van der Waals surface area (Å²) in [5.74, 6) is 0.244. The maximum atomic E-state index is 12.1. The van der Waals surface area contributed by atoms with Crippen LogP contribution in [0.4, 0.5) is 5.69 Å². The minimum absolute atomic E-state index is 0.0152. The molecule has 6 nitrogen and oxygen atoms in total. The summed E-state index contributed by atoms with van der Waals surface area (Å²) in [6.07, 6.45) is 0. The second-order valence-corrected chi connectivity index (χ2v) is 5.73. The molecule has 0 spiro atoms. The quantitative estimate of drug-likeness (QED) is 0.461. The molecule has 1 rings (SSSR count). The number of benzene rings is 1. The first kappa shape index (κ1) is 14.9. The van der Waals surface area contributed by atoms with Gasteiger partial charge in [-0.2, -0.15) is 0 Å². The number of methoxy groups -OCH3 is 2. The summed E-state index contributed by atoms with van der Waals surface area (Å²) in [4.78, 5) is 0.0152. The molecule has 0 saturated heterocycles. The highest BCUT2D eigenvalue weighted by Gasteiger charge is 2.22. The van der Waals surface area contributed by atoms with E-state index in [0.717, 1.165) is 0 Å². The van der Waals surface area contributed by atoms with Crippen molar-refractivity contribution in [3.05, 3.63) is 12.1 Å². The van der Waals surface area contributed by atoms with E-state index in [2.05, 4.69) is 17.1 Å². The highest BCUT2D eigenvalue weighted by molar-refractivity contribution is 7.91. The number of nitrogen functional groups attached to an aromatic ring is 1. The smallest absolute Gasteiger partial charge is 0.184 e. The maximum absolute atomic E-state index is 12.1. The number of anilines is 1. The van der Waals surface area contributed by atoms with Crippen LogP contribution in [-0.4, -0.2) is 35.0 Å². The van der Waals surface area contributed by atoms with Gasteiger partial charge in [0.05, 0.1) is 32.3 Å². The second-order valence-electron chi connectivity index (χ2n) is 3.40. The largest absolute Gasteiger partial charge is 0.495 e. The Morgan fingerprint density at radius 1 is 1.22 bits per heavy atom. The minimum Gasteiger partial charge on any atom is -0.495 e. The molecule has 8 heteroatoms. The zero-order valence-corrected chi connectivity index (χ0v) is 11.8. The summed E-state index contributed by atoms with van der Waals surface area (Å²) >= 11 is 3.51. The zero-order chi connectivity index (χ0) is 13.8. The van der Waals surface area contributed by atoms with Crippen LogP contribution in [0.2, 0.25) is 0 Å². The lowest BCUT2D eigenvalue weighted by molar-refractivity contribution is 0.391. The van der Waals surface area contributed by atoms with Crippen molar-refractivity contribution in [2.45, 2.75) is 4.90 Å². The molecular formula is C10H15NO5S2. The molecule has 0 fully saturated rings. The second kappa shape index (κ2) is 6.17. The lowest BCUT2D eigenvalue weighted by Crippen LogP contribution is -2.12. The third-order valence-corrected chi connectivity index (χ3v) is 4.17. The van der Waals surface area contributed by atoms with Gasteiger partial charge in [0.2, 0.25) is 0 Å². The van der Waals surface area contributed by atoms with Gasteiger partial charge in [0, 0.05) is 12.1 Å². The van der Waals surface area contributed by atoms with E-state index in [0.29, 0.717) is 5.69 Å². The number of thiol groups is 1. The van der Waals surface area contributed by atoms with E-state index < -0.39 is 9.84 Å². The predicted molar refractivity (Wildman–Crippen MR) is 70.9 cm³/mol. The molecular weight excluding hydrogens is 278 g/mol. The fourth-order valence-corrected chi connectivity index (χ4v) is 2.87. The molecule has 1 aromatic carbocycles. The van der Waals surface area contributed by atoms with Gasteiger partial charge in [-0.15, -0.1) is 0 Å². The van der Waals surface area contributed by atoms with Gasteiger partial charge >= 0.3 is 0 Å². The molecule has 0 saturated carbocycles. The van der Waals surface area contributed by atoms with Gasteiger partial charge in [0.1, 0.15) is 16.4 Å². The minimum atomic E-state index is -3.55. The molecule has 2 N–H and O–H groups in total. The van der Waals surface area contributed by atoms with Gasteiger partial charge in [0.15, 0.2) is 9.84 Å². The molecule has 0 heterocycles. The van der Waals surface area contributed by atoms with Crippen molar-refractivity contribution in [1.29, 1.82) is 0 Å². The monoisotopic (exact) mass is 293 g/mol. The van der Waals surface area contributed by atoms with E-state index in [1.807, 2.05) is 0 Å². The fourth-order valence-electron chi connectivity index (χ4n) is 1.39. The van der Waals surface area contributed by atoms with E-state index in [4.69, 9.17) is 15.2 Å². The van der Waals surface area contributed by atoms with Crippen molar-refractivity contribution in [3.8, 4) is 11.5 Å². The van der Waals surface area contributed by atoms with E-state index >= 15 is 0 Å². The van der Waals surface area contributed by atoms with E-state index in [1.165, 1.54) is 26.4 Å². The van der Waals surface area contributed by atoms with Crippen LogP contribution in [0.1, 0.15) is 0 Å². The van der Waals surface area contributed by atoms with Crippen LogP contribution < -0.4 is 15.2 Å². The molecule has 0 aliphatic heterocycles. The van der Waals surface area contributed by atoms with Crippen LogP contribution in [0.25, 0.3) is 0 Å². The van der Waals surface area contributed by atoms with Crippen LogP contribution in [0, 0.1) is 0 Å². The highest BCUT2D eigenvalue weighted by atomic mass is 32.2. The first-order chi connectivity index (χ1) is 8.46. The Labute approximate surface area is 112 Å². The molecule has 0 aliphatic rings. The van der Waals surface area contributed by atoms with Crippen LogP contribution in [0.5, 0.6) is 11.5 Å². The molecule has 1 aromatic rings. The van der Waals surface area contributed by atoms with Gasteiger partial charge in [-0.1, -0.05) is 0 Å². The van der Waals surface area contributed by atoms with Crippen LogP contribution in [0.15, 0.2) is 17.0 Å². The van der Waals surface area contributed by atoms with Crippen LogP contribution >= 0.6 is 12.9 Å². The van der Waals surface area contributed by atoms with E-state index in [-0.39, 0.29) is 28.8 Å². The third kappa shape index (κ3) is 3.21. The molecule has 0 bridgehead atoms. The van der Waals surface area contributed by atoms with Gasteiger partial charge in [-0.3, -0.25) is 0 Å². The van der Waals surface area contributed by atoms with Gasteiger partial charge in [0.25, 0.3) is 0 Å². The first-order valence-corrected chi connectivity index (χ1v) is 6.98. The Bertz CT molecular complexity index is 515. The summed E-state index contributed by atoms with van der Waals surface area (Å²) in [7, 11) is -0.770. The standard InChI is InChI=1S/C10H15NO5S2/c1-14-8-6-10(9(15-2)5-7(8)11)18(12,13)4-3-16-17/h5-6,17H,3-4,11H2,1-2H3. The average Bonchev–Trinajstić information content (AvgIpc) is 2.35. The van der Waals surface area contributed by atoms with Crippen LogP contribution in [-0.2, 0) is 14.0 Å². The summed E-state index contributed by atoms with van der Waals surface area (Å²) in [5, 5.41) is 0.